The highest BCUT2D eigenvalue weighted by Gasteiger charge is 2.42. The Labute approximate surface area is 109 Å². The van der Waals surface area contributed by atoms with Gasteiger partial charge in [-0.3, -0.25) is 0 Å². The van der Waals surface area contributed by atoms with Crippen molar-refractivity contribution in [3.05, 3.63) is 35.6 Å². The Morgan fingerprint density at radius 3 is 2.59 bits per heavy atom. The first kappa shape index (κ1) is 14.6. The van der Waals surface area contributed by atoms with E-state index in [2.05, 4.69) is 15.9 Å². The third-order valence-corrected chi connectivity index (χ3v) is 6.75. The summed E-state index contributed by atoms with van der Waals surface area (Å²) in [6, 6.07) is 5.26. The third kappa shape index (κ3) is 2.86. The van der Waals surface area contributed by atoms with E-state index in [0.717, 1.165) is 6.07 Å². The molecule has 96 valence electrons. The van der Waals surface area contributed by atoms with Gasteiger partial charge in [0.15, 0.2) is 13.5 Å². The van der Waals surface area contributed by atoms with E-state index in [0.29, 0.717) is 0 Å². The molecule has 0 radical (unpaired) electrons. The second-order valence-electron chi connectivity index (χ2n) is 3.85. The Morgan fingerprint density at radius 2 is 2.12 bits per heavy atom. The molecule has 6 heteroatoms. The number of benzene rings is 1. The summed E-state index contributed by atoms with van der Waals surface area (Å²) < 4.78 is 35.1. The molecular weight excluding hydrogens is 311 g/mol. The number of aliphatic hydroxyl groups is 1. The minimum absolute atomic E-state index is 0.110. The SMILES string of the molecule is CCS(=O)(=O)C(C)(Br)C(O)c1cccc(F)c1. The highest BCUT2D eigenvalue weighted by Crippen LogP contribution is 2.38. The van der Waals surface area contributed by atoms with Gasteiger partial charge in [0.2, 0.25) is 0 Å². The van der Waals surface area contributed by atoms with E-state index < -0.39 is 25.4 Å². The molecule has 0 aliphatic rings. The van der Waals surface area contributed by atoms with Crippen LogP contribution in [0.2, 0.25) is 0 Å². The number of halogens is 2. The van der Waals surface area contributed by atoms with Crippen molar-refractivity contribution in [3.63, 3.8) is 0 Å². The highest BCUT2D eigenvalue weighted by molar-refractivity contribution is 9.11. The molecule has 0 bridgehead atoms. The van der Waals surface area contributed by atoms with Crippen LogP contribution in [0.4, 0.5) is 4.39 Å². The summed E-state index contributed by atoms with van der Waals surface area (Å²) in [5.41, 5.74) is 0.224. The van der Waals surface area contributed by atoms with Crippen molar-refractivity contribution in [1.82, 2.24) is 0 Å². The molecule has 0 saturated carbocycles. The lowest BCUT2D eigenvalue weighted by Crippen LogP contribution is -2.36. The van der Waals surface area contributed by atoms with E-state index in [1.807, 2.05) is 0 Å². The maximum Gasteiger partial charge on any atom is 0.168 e. The molecule has 2 atom stereocenters. The van der Waals surface area contributed by atoms with Crippen molar-refractivity contribution in [2.45, 2.75) is 23.6 Å². The summed E-state index contributed by atoms with van der Waals surface area (Å²) in [7, 11) is -3.51. The third-order valence-electron chi connectivity index (χ3n) is 2.64. The van der Waals surface area contributed by atoms with Crippen LogP contribution in [0, 0.1) is 5.82 Å². The van der Waals surface area contributed by atoms with Gasteiger partial charge in [-0.1, -0.05) is 35.0 Å². The van der Waals surface area contributed by atoms with Crippen LogP contribution < -0.4 is 0 Å². The Bertz CT molecular complexity index is 499. The van der Waals surface area contributed by atoms with Crippen LogP contribution in [0.1, 0.15) is 25.5 Å². The molecule has 1 aromatic rings. The molecule has 2 unspecified atom stereocenters. The van der Waals surface area contributed by atoms with E-state index >= 15 is 0 Å². The zero-order chi connectivity index (χ0) is 13.3. The van der Waals surface area contributed by atoms with Crippen molar-refractivity contribution < 1.29 is 17.9 Å². The van der Waals surface area contributed by atoms with Gasteiger partial charge in [0.1, 0.15) is 11.9 Å². The van der Waals surface area contributed by atoms with E-state index in [1.165, 1.54) is 32.0 Å². The molecule has 0 fully saturated rings. The van der Waals surface area contributed by atoms with Crippen LogP contribution in [-0.2, 0) is 9.84 Å². The largest absolute Gasteiger partial charge is 0.386 e. The summed E-state index contributed by atoms with van der Waals surface area (Å²) in [6.07, 6.45) is -1.33. The second-order valence-corrected chi connectivity index (χ2v) is 8.67. The first-order valence-electron chi connectivity index (χ1n) is 5.07. The van der Waals surface area contributed by atoms with Crippen LogP contribution in [0.25, 0.3) is 0 Å². The average Bonchev–Trinajstić information content (AvgIpc) is 2.27. The number of alkyl halides is 1. The number of rotatable bonds is 4. The number of sulfone groups is 1. The molecule has 17 heavy (non-hydrogen) atoms. The minimum Gasteiger partial charge on any atom is -0.386 e. The standard InChI is InChI=1S/C11H14BrFO3S/c1-3-17(15,16)11(2,12)10(14)8-5-4-6-9(13)7-8/h4-7,10,14H,3H2,1-2H3. The highest BCUT2D eigenvalue weighted by atomic mass is 79.9. The Hall–Kier alpha value is -0.460. The normalized spacial score (nSPS) is 17.5. The van der Waals surface area contributed by atoms with Crippen LogP contribution in [0.15, 0.2) is 24.3 Å². The van der Waals surface area contributed by atoms with E-state index in [1.54, 1.807) is 0 Å². The zero-order valence-corrected chi connectivity index (χ0v) is 11.9. The number of hydrogen-bond acceptors (Lipinski definition) is 3. The van der Waals surface area contributed by atoms with E-state index in [-0.39, 0.29) is 11.3 Å². The number of aliphatic hydroxyl groups excluding tert-OH is 1. The Morgan fingerprint density at radius 1 is 1.53 bits per heavy atom. The fourth-order valence-corrected chi connectivity index (χ4v) is 3.42. The van der Waals surface area contributed by atoms with Crippen LogP contribution in [0.5, 0.6) is 0 Å². The van der Waals surface area contributed by atoms with Gasteiger partial charge in [-0.25, -0.2) is 12.8 Å². The quantitative estimate of drug-likeness (QED) is 0.865. The molecule has 0 spiro atoms. The molecular formula is C11H14BrFO3S. The monoisotopic (exact) mass is 324 g/mol. The Balaban J connectivity index is 3.17. The predicted octanol–water partition coefficient (Wildman–Crippen LogP) is 2.40. The van der Waals surface area contributed by atoms with Crippen LogP contribution in [0.3, 0.4) is 0 Å². The van der Waals surface area contributed by atoms with Gasteiger partial charge >= 0.3 is 0 Å². The summed E-state index contributed by atoms with van der Waals surface area (Å²) in [4.78, 5) is 0. The van der Waals surface area contributed by atoms with Gasteiger partial charge < -0.3 is 5.11 Å². The van der Waals surface area contributed by atoms with Crippen molar-refractivity contribution in [3.8, 4) is 0 Å². The van der Waals surface area contributed by atoms with Gasteiger partial charge in [-0.2, -0.15) is 0 Å². The van der Waals surface area contributed by atoms with E-state index in [9.17, 15) is 17.9 Å². The smallest absolute Gasteiger partial charge is 0.168 e. The van der Waals surface area contributed by atoms with Crippen molar-refractivity contribution in [2.75, 3.05) is 5.75 Å². The molecule has 1 N–H and O–H groups in total. The van der Waals surface area contributed by atoms with Crippen LogP contribution in [-0.4, -0.2) is 22.9 Å². The maximum absolute atomic E-state index is 13.0. The maximum atomic E-state index is 13.0. The second kappa shape index (κ2) is 5.04. The van der Waals surface area contributed by atoms with Gasteiger partial charge in [-0.05, 0) is 24.6 Å². The molecule has 0 aliphatic heterocycles. The summed E-state index contributed by atoms with van der Waals surface area (Å²) in [5, 5.41) is 10.0. The molecule has 0 aliphatic carbocycles. The molecule has 1 rings (SSSR count). The lowest BCUT2D eigenvalue weighted by molar-refractivity contribution is 0.167. The summed E-state index contributed by atoms with van der Waals surface area (Å²) in [6.45, 7) is 2.86. The van der Waals surface area contributed by atoms with Crippen molar-refractivity contribution in [2.24, 2.45) is 0 Å². The van der Waals surface area contributed by atoms with E-state index in [4.69, 9.17) is 0 Å². The minimum atomic E-state index is -3.51. The molecule has 0 amide bonds. The van der Waals surface area contributed by atoms with Gasteiger partial charge in [0.05, 0.1) is 0 Å². The fourth-order valence-electron chi connectivity index (χ4n) is 1.43. The molecule has 3 nitrogen and oxygen atoms in total. The average molecular weight is 325 g/mol. The molecule has 0 heterocycles. The molecule has 0 aromatic heterocycles. The van der Waals surface area contributed by atoms with Crippen LogP contribution >= 0.6 is 15.9 Å². The van der Waals surface area contributed by atoms with Gasteiger partial charge in [-0.15, -0.1) is 0 Å². The fraction of sp³-hybridized carbons (Fsp3) is 0.455. The zero-order valence-electron chi connectivity index (χ0n) is 9.52. The lowest BCUT2D eigenvalue weighted by Gasteiger charge is -2.28. The van der Waals surface area contributed by atoms with Gasteiger partial charge in [0, 0.05) is 5.75 Å². The number of hydrogen-bond donors (Lipinski definition) is 1. The molecule has 1 aromatic carbocycles. The topological polar surface area (TPSA) is 54.4 Å². The summed E-state index contributed by atoms with van der Waals surface area (Å²) >= 11 is 3.03. The van der Waals surface area contributed by atoms with Crippen molar-refractivity contribution >= 4 is 25.8 Å². The Kier molecular flexibility index (Phi) is 4.33. The van der Waals surface area contributed by atoms with Gasteiger partial charge in [0.25, 0.3) is 0 Å². The lowest BCUT2D eigenvalue weighted by atomic mass is 10.1. The summed E-state index contributed by atoms with van der Waals surface area (Å²) in [5.74, 6) is -0.625. The molecule has 0 saturated heterocycles. The van der Waals surface area contributed by atoms with Crippen molar-refractivity contribution in [1.29, 1.82) is 0 Å². The predicted molar refractivity (Wildman–Crippen MR) is 68.2 cm³/mol. The first-order valence-corrected chi connectivity index (χ1v) is 7.51. The first-order chi connectivity index (χ1) is 7.72.